The molecule has 1 saturated carbocycles. The van der Waals surface area contributed by atoms with Crippen LogP contribution >= 0.6 is 24.0 Å². The molecule has 0 aromatic carbocycles. The lowest BCUT2D eigenvalue weighted by Crippen LogP contribution is -2.46. The number of aryl methyl sites for hydroxylation is 1. The third kappa shape index (κ3) is 4.87. The van der Waals surface area contributed by atoms with Crippen LogP contribution in [0.4, 0.5) is 0 Å². The highest BCUT2D eigenvalue weighted by molar-refractivity contribution is 14.0. The van der Waals surface area contributed by atoms with Crippen molar-refractivity contribution in [3.8, 4) is 0 Å². The third-order valence-electron chi connectivity index (χ3n) is 4.82. The van der Waals surface area contributed by atoms with Crippen LogP contribution in [0, 0.1) is 12.3 Å². The molecule has 2 N–H and O–H groups in total. The molecule has 1 aromatic heterocycles. The van der Waals surface area contributed by atoms with E-state index in [1.54, 1.807) is 20.0 Å². The molecule has 7 heteroatoms. The average Bonchev–Trinajstić information content (AvgIpc) is 2.89. The topological polar surface area (TPSA) is 75.9 Å². The van der Waals surface area contributed by atoms with Gasteiger partial charge in [0, 0.05) is 13.6 Å². The number of methoxy groups -OCH3 is 1. The number of carbonyl (C=O) groups excluding carboxylic acids is 1. The van der Waals surface area contributed by atoms with E-state index in [0.29, 0.717) is 29.0 Å². The maximum absolute atomic E-state index is 11.6. The number of halogens is 1. The molecule has 0 saturated heterocycles. The van der Waals surface area contributed by atoms with E-state index in [0.717, 1.165) is 12.5 Å². The SMILES string of the molecule is CCC1(CNC(=NC)NCc2cc(C(=O)OC)c(C)o2)CCC1.I. The molecule has 1 aliphatic rings. The molecule has 0 aliphatic heterocycles. The van der Waals surface area contributed by atoms with Crippen molar-refractivity contribution >= 4 is 35.9 Å². The van der Waals surface area contributed by atoms with Crippen molar-refractivity contribution in [2.75, 3.05) is 20.7 Å². The molecule has 1 aromatic rings. The van der Waals surface area contributed by atoms with Crippen molar-refractivity contribution in [3.63, 3.8) is 0 Å². The number of hydrogen-bond acceptors (Lipinski definition) is 4. The molecule has 0 spiro atoms. The largest absolute Gasteiger partial charge is 0.465 e. The van der Waals surface area contributed by atoms with Crippen LogP contribution in [-0.2, 0) is 11.3 Å². The van der Waals surface area contributed by atoms with Gasteiger partial charge in [-0.2, -0.15) is 0 Å². The first-order chi connectivity index (χ1) is 11.0. The van der Waals surface area contributed by atoms with E-state index in [1.807, 2.05) is 0 Å². The van der Waals surface area contributed by atoms with Gasteiger partial charge in [-0.1, -0.05) is 13.3 Å². The fraction of sp³-hybridized carbons (Fsp3) is 0.647. The van der Waals surface area contributed by atoms with Crippen molar-refractivity contribution in [2.45, 2.75) is 46.1 Å². The van der Waals surface area contributed by atoms with Gasteiger partial charge in [-0.3, -0.25) is 4.99 Å². The predicted molar refractivity (Wildman–Crippen MR) is 105 cm³/mol. The van der Waals surface area contributed by atoms with Gasteiger partial charge in [-0.15, -0.1) is 24.0 Å². The summed E-state index contributed by atoms with van der Waals surface area (Å²) in [4.78, 5) is 15.8. The number of nitrogens with zero attached hydrogens (tertiary/aromatic N) is 1. The van der Waals surface area contributed by atoms with Crippen LogP contribution in [0.5, 0.6) is 0 Å². The minimum Gasteiger partial charge on any atom is -0.465 e. The smallest absolute Gasteiger partial charge is 0.341 e. The van der Waals surface area contributed by atoms with Crippen LogP contribution < -0.4 is 10.6 Å². The molecule has 2 rings (SSSR count). The quantitative estimate of drug-likeness (QED) is 0.302. The molecule has 1 heterocycles. The van der Waals surface area contributed by atoms with E-state index in [2.05, 4.69) is 22.5 Å². The molecule has 0 bridgehead atoms. The van der Waals surface area contributed by atoms with E-state index in [-0.39, 0.29) is 29.9 Å². The highest BCUT2D eigenvalue weighted by atomic mass is 127. The van der Waals surface area contributed by atoms with E-state index in [9.17, 15) is 4.79 Å². The first kappa shape index (κ1) is 20.8. The Hall–Kier alpha value is -1.25. The molecule has 0 radical (unpaired) electrons. The summed E-state index contributed by atoms with van der Waals surface area (Å²) >= 11 is 0. The average molecular weight is 449 g/mol. The number of esters is 1. The van der Waals surface area contributed by atoms with Crippen LogP contribution in [-0.4, -0.2) is 32.6 Å². The van der Waals surface area contributed by atoms with Crippen molar-refractivity contribution in [3.05, 3.63) is 23.2 Å². The fourth-order valence-corrected chi connectivity index (χ4v) is 2.94. The monoisotopic (exact) mass is 449 g/mol. The Morgan fingerprint density at radius 1 is 1.42 bits per heavy atom. The molecule has 6 nitrogen and oxygen atoms in total. The molecular formula is C17H28IN3O3. The van der Waals surface area contributed by atoms with Crippen LogP contribution in [0.15, 0.2) is 15.5 Å². The van der Waals surface area contributed by atoms with Crippen molar-refractivity contribution < 1.29 is 13.9 Å². The molecule has 0 atom stereocenters. The standard InChI is InChI=1S/C17H27N3O3.HI/c1-5-17(7-6-8-17)11-20-16(18-3)19-10-13-9-14(12(2)23-13)15(21)22-4;/h9H,5-8,10-11H2,1-4H3,(H2,18,19,20);1H. The second-order valence-electron chi connectivity index (χ2n) is 6.16. The van der Waals surface area contributed by atoms with Gasteiger partial charge >= 0.3 is 5.97 Å². The predicted octanol–water partition coefficient (Wildman–Crippen LogP) is 3.24. The Labute approximate surface area is 160 Å². The molecule has 1 fully saturated rings. The highest BCUT2D eigenvalue weighted by Crippen LogP contribution is 2.42. The van der Waals surface area contributed by atoms with E-state index < -0.39 is 0 Å². The van der Waals surface area contributed by atoms with Gasteiger partial charge in [0.2, 0.25) is 0 Å². The molecule has 136 valence electrons. The number of hydrogen-bond donors (Lipinski definition) is 2. The number of guanidine groups is 1. The van der Waals surface area contributed by atoms with Gasteiger partial charge in [-0.05, 0) is 37.7 Å². The zero-order valence-corrected chi connectivity index (χ0v) is 17.2. The van der Waals surface area contributed by atoms with E-state index >= 15 is 0 Å². The van der Waals surface area contributed by atoms with Crippen molar-refractivity contribution in [1.82, 2.24) is 10.6 Å². The first-order valence-electron chi connectivity index (χ1n) is 8.15. The summed E-state index contributed by atoms with van der Waals surface area (Å²) in [7, 11) is 3.12. The summed E-state index contributed by atoms with van der Waals surface area (Å²) in [5.41, 5.74) is 0.892. The van der Waals surface area contributed by atoms with E-state index in [1.165, 1.54) is 32.8 Å². The Kier molecular flexibility index (Phi) is 8.05. The summed E-state index contributed by atoms with van der Waals surface area (Å²) in [5, 5.41) is 6.62. The van der Waals surface area contributed by atoms with Gasteiger partial charge in [0.1, 0.15) is 17.1 Å². The lowest BCUT2D eigenvalue weighted by atomic mass is 9.67. The molecule has 0 unspecified atom stereocenters. The van der Waals surface area contributed by atoms with Crippen molar-refractivity contribution in [1.29, 1.82) is 0 Å². The number of aliphatic imine (C=N–C) groups is 1. The molecule has 0 amide bonds. The number of nitrogens with one attached hydrogen (secondary N) is 2. The summed E-state index contributed by atoms with van der Waals surface area (Å²) in [6.45, 7) is 5.41. The van der Waals surface area contributed by atoms with Gasteiger partial charge < -0.3 is 19.8 Å². The molecular weight excluding hydrogens is 421 g/mol. The zero-order valence-electron chi connectivity index (χ0n) is 14.9. The Morgan fingerprint density at radius 3 is 2.62 bits per heavy atom. The second kappa shape index (κ2) is 9.29. The highest BCUT2D eigenvalue weighted by Gasteiger charge is 2.34. The summed E-state index contributed by atoms with van der Waals surface area (Å²) < 4.78 is 10.3. The van der Waals surface area contributed by atoms with Gasteiger partial charge in [0.25, 0.3) is 0 Å². The number of ether oxygens (including phenoxy) is 1. The normalized spacial score (nSPS) is 15.9. The van der Waals surface area contributed by atoms with Crippen LogP contribution in [0.3, 0.4) is 0 Å². The summed E-state index contributed by atoms with van der Waals surface area (Å²) in [5.74, 6) is 1.61. The van der Waals surface area contributed by atoms with Crippen LogP contribution in [0.2, 0.25) is 0 Å². The van der Waals surface area contributed by atoms with E-state index in [4.69, 9.17) is 9.15 Å². The maximum Gasteiger partial charge on any atom is 0.341 e. The zero-order chi connectivity index (χ0) is 16.9. The number of furan rings is 1. The number of rotatable bonds is 6. The Bertz CT molecular complexity index is 574. The minimum atomic E-state index is -0.380. The Morgan fingerprint density at radius 2 is 2.12 bits per heavy atom. The van der Waals surface area contributed by atoms with Crippen LogP contribution in [0.1, 0.15) is 54.5 Å². The Balaban J connectivity index is 0.00000288. The summed E-state index contributed by atoms with van der Waals surface area (Å²) in [6, 6.07) is 1.71. The lowest BCUT2D eigenvalue weighted by Gasteiger charge is -2.41. The first-order valence-corrected chi connectivity index (χ1v) is 8.15. The van der Waals surface area contributed by atoms with Gasteiger partial charge in [-0.25, -0.2) is 4.79 Å². The van der Waals surface area contributed by atoms with Gasteiger partial charge in [0.05, 0.1) is 13.7 Å². The maximum atomic E-state index is 11.6. The fourth-order valence-electron chi connectivity index (χ4n) is 2.94. The minimum absolute atomic E-state index is 0. The molecule has 1 aliphatic carbocycles. The molecule has 24 heavy (non-hydrogen) atoms. The van der Waals surface area contributed by atoms with Gasteiger partial charge in [0.15, 0.2) is 5.96 Å². The van der Waals surface area contributed by atoms with Crippen molar-refractivity contribution in [2.24, 2.45) is 10.4 Å². The lowest BCUT2D eigenvalue weighted by molar-refractivity contribution is 0.0599. The summed E-state index contributed by atoms with van der Waals surface area (Å²) in [6.07, 6.45) is 5.08. The number of carbonyl (C=O) groups is 1. The van der Waals surface area contributed by atoms with Crippen LogP contribution in [0.25, 0.3) is 0 Å². The third-order valence-corrected chi connectivity index (χ3v) is 4.82. The second-order valence-corrected chi connectivity index (χ2v) is 6.16.